The largest absolute Gasteiger partial charge is 0.480 e. The van der Waals surface area contributed by atoms with Crippen molar-refractivity contribution in [2.24, 2.45) is 0 Å². The number of carboxylic acids is 2. The van der Waals surface area contributed by atoms with Crippen molar-refractivity contribution in [2.75, 3.05) is 29.9 Å². The van der Waals surface area contributed by atoms with Gasteiger partial charge in [-0.3, -0.25) is 9.59 Å². The maximum absolute atomic E-state index is 15.0. The van der Waals surface area contributed by atoms with Gasteiger partial charge in [0.1, 0.15) is 11.9 Å². The summed E-state index contributed by atoms with van der Waals surface area (Å²) in [6.07, 6.45) is 4.72. The lowest BCUT2D eigenvalue weighted by molar-refractivity contribution is -0.138. The Bertz CT molecular complexity index is 1520. The van der Waals surface area contributed by atoms with Gasteiger partial charge in [-0.2, -0.15) is 4.72 Å². The highest BCUT2D eigenvalue weighted by Crippen LogP contribution is 2.25. The molecule has 41 heavy (non-hydrogen) atoms. The van der Waals surface area contributed by atoms with Crippen LogP contribution in [0.2, 0.25) is 0 Å². The number of aromatic carboxylic acids is 1. The SMILES string of the molecule is O=C(O)c1ccc(S(=O)(=O)N[C@@H](CNC(=O)c2ccc(N3CCC(Nc4ncccn4)CC3)c(F)c2)C(=O)O)cc1. The van der Waals surface area contributed by atoms with Crippen LogP contribution in [0.15, 0.2) is 65.8 Å². The molecule has 4 rings (SSSR count). The van der Waals surface area contributed by atoms with Gasteiger partial charge in [0, 0.05) is 43.6 Å². The molecule has 1 fully saturated rings. The molecule has 15 heteroatoms. The summed E-state index contributed by atoms with van der Waals surface area (Å²) < 4.78 is 42.1. The molecular weight excluding hydrogens is 559 g/mol. The number of rotatable bonds is 11. The zero-order valence-corrected chi connectivity index (χ0v) is 22.3. The number of amides is 1. The number of halogens is 1. The Morgan fingerprint density at radius 3 is 2.22 bits per heavy atom. The van der Waals surface area contributed by atoms with Crippen LogP contribution in [0.1, 0.15) is 33.6 Å². The topological polar surface area (TPSA) is 191 Å². The van der Waals surface area contributed by atoms with Crippen molar-refractivity contribution in [2.45, 2.75) is 29.8 Å². The Balaban J connectivity index is 1.33. The van der Waals surface area contributed by atoms with Crippen molar-refractivity contribution in [3.63, 3.8) is 0 Å². The molecule has 1 aliphatic rings. The van der Waals surface area contributed by atoms with E-state index in [1.807, 2.05) is 9.62 Å². The minimum absolute atomic E-state index is 0.0692. The molecule has 3 aromatic rings. The van der Waals surface area contributed by atoms with Crippen molar-refractivity contribution >= 4 is 39.5 Å². The van der Waals surface area contributed by atoms with E-state index in [0.717, 1.165) is 43.2 Å². The first-order chi connectivity index (χ1) is 19.5. The fourth-order valence-corrected chi connectivity index (χ4v) is 5.42. The Morgan fingerprint density at radius 2 is 1.63 bits per heavy atom. The highest BCUT2D eigenvalue weighted by molar-refractivity contribution is 7.89. The Hall–Kier alpha value is -4.63. The van der Waals surface area contributed by atoms with Crippen LogP contribution in [0.4, 0.5) is 16.0 Å². The van der Waals surface area contributed by atoms with Gasteiger partial charge in [0.2, 0.25) is 16.0 Å². The summed E-state index contributed by atoms with van der Waals surface area (Å²) in [5, 5.41) is 24.0. The van der Waals surface area contributed by atoms with Gasteiger partial charge in [0.05, 0.1) is 16.1 Å². The van der Waals surface area contributed by atoms with Crippen LogP contribution in [0.3, 0.4) is 0 Å². The first-order valence-electron chi connectivity index (χ1n) is 12.5. The highest BCUT2D eigenvalue weighted by atomic mass is 32.2. The van der Waals surface area contributed by atoms with E-state index in [2.05, 4.69) is 20.6 Å². The molecule has 216 valence electrons. The summed E-state index contributed by atoms with van der Waals surface area (Å²) >= 11 is 0. The minimum atomic E-state index is -4.36. The van der Waals surface area contributed by atoms with Crippen molar-refractivity contribution < 1.29 is 37.4 Å². The first kappa shape index (κ1) is 29.4. The van der Waals surface area contributed by atoms with Crippen molar-refractivity contribution in [1.29, 1.82) is 0 Å². The smallest absolute Gasteiger partial charge is 0.335 e. The molecule has 5 N–H and O–H groups in total. The predicted octanol–water partition coefficient (Wildman–Crippen LogP) is 1.56. The zero-order chi connectivity index (χ0) is 29.6. The lowest BCUT2D eigenvalue weighted by Gasteiger charge is -2.34. The third kappa shape index (κ3) is 7.52. The van der Waals surface area contributed by atoms with E-state index >= 15 is 0 Å². The van der Waals surface area contributed by atoms with Gasteiger partial charge in [0.25, 0.3) is 5.91 Å². The number of nitrogens with zero attached hydrogens (tertiary/aromatic N) is 3. The van der Waals surface area contributed by atoms with E-state index < -0.39 is 46.3 Å². The maximum atomic E-state index is 15.0. The van der Waals surface area contributed by atoms with Gasteiger partial charge in [-0.25, -0.2) is 27.6 Å². The summed E-state index contributed by atoms with van der Waals surface area (Å²) in [7, 11) is -4.36. The third-order valence-electron chi connectivity index (χ3n) is 6.42. The minimum Gasteiger partial charge on any atom is -0.480 e. The Labute approximate surface area is 234 Å². The molecule has 0 spiro atoms. The lowest BCUT2D eigenvalue weighted by Crippen LogP contribution is -2.48. The van der Waals surface area contributed by atoms with Gasteiger partial charge in [0.15, 0.2) is 0 Å². The Morgan fingerprint density at radius 1 is 1.00 bits per heavy atom. The zero-order valence-electron chi connectivity index (χ0n) is 21.5. The molecule has 2 heterocycles. The number of hydrogen-bond donors (Lipinski definition) is 5. The molecule has 1 saturated heterocycles. The van der Waals surface area contributed by atoms with E-state index in [9.17, 15) is 32.3 Å². The lowest BCUT2D eigenvalue weighted by atomic mass is 10.0. The van der Waals surface area contributed by atoms with Gasteiger partial charge >= 0.3 is 11.9 Å². The van der Waals surface area contributed by atoms with Crippen molar-refractivity contribution in [3.8, 4) is 0 Å². The molecule has 0 aliphatic carbocycles. The number of carbonyl (C=O) groups excluding carboxylic acids is 1. The summed E-state index contributed by atoms with van der Waals surface area (Å²) in [5.74, 6) is -3.71. The van der Waals surface area contributed by atoms with Gasteiger partial charge < -0.3 is 25.7 Å². The van der Waals surface area contributed by atoms with Crippen LogP contribution >= 0.6 is 0 Å². The summed E-state index contributed by atoms with van der Waals surface area (Å²) in [6.45, 7) is 0.495. The standard InChI is InChI=1S/C26H27FN6O7S/c27-20-14-17(4-7-22(20)33-12-8-18(9-13-33)31-26-28-10-1-11-29-26)23(34)30-15-21(25(37)38)32-41(39,40)19-5-2-16(3-6-19)24(35)36/h1-7,10-11,14,18,21,32H,8-9,12-13,15H2,(H,30,34)(H,35,36)(H,37,38)(H,28,29,31)/t21-/m0/s1. The van der Waals surface area contributed by atoms with Crippen LogP contribution < -0.4 is 20.3 Å². The number of carboxylic acid groups (broad SMARTS) is 2. The quantitative estimate of drug-likeness (QED) is 0.219. The molecule has 1 aliphatic heterocycles. The van der Waals surface area contributed by atoms with E-state index in [1.54, 1.807) is 18.5 Å². The molecule has 1 aromatic heterocycles. The second kappa shape index (κ2) is 12.7. The van der Waals surface area contributed by atoms with E-state index in [1.165, 1.54) is 12.1 Å². The fraction of sp³-hybridized carbons (Fsp3) is 0.269. The molecule has 2 aromatic carbocycles. The van der Waals surface area contributed by atoms with E-state index in [4.69, 9.17) is 5.11 Å². The second-order valence-electron chi connectivity index (χ2n) is 9.20. The fourth-order valence-electron chi connectivity index (χ4n) is 4.23. The molecule has 13 nitrogen and oxygen atoms in total. The third-order valence-corrected chi connectivity index (χ3v) is 7.91. The second-order valence-corrected chi connectivity index (χ2v) is 10.9. The highest BCUT2D eigenvalue weighted by Gasteiger charge is 2.27. The van der Waals surface area contributed by atoms with Crippen LogP contribution in [0, 0.1) is 5.82 Å². The van der Waals surface area contributed by atoms with Crippen LogP contribution in [0.5, 0.6) is 0 Å². The summed E-state index contributed by atoms with van der Waals surface area (Å²) in [5.41, 5.74) is 0.102. The van der Waals surface area contributed by atoms with Crippen LogP contribution in [0.25, 0.3) is 0 Å². The number of piperidine rings is 1. The number of nitrogens with one attached hydrogen (secondary N) is 3. The average molecular weight is 587 g/mol. The molecular formula is C26H27FN6O7S. The van der Waals surface area contributed by atoms with E-state index in [0.29, 0.717) is 24.7 Å². The maximum Gasteiger partial charge on any atom is 0.335 e. The van der Waals surface area contributed by atoms with Crippen molar-refractivity contribution in [1.82, 2.24) is 20.0 Å². The summed E-state index contributed by atoms with van der Waals surface area (Å²) in [6, 6.07) is 8.17. The van der Waals surface area contributed by atoms with Gasteiger partial charge in [-0.1, -0.05) is 0 Å². The van der Waals surface area contributed by atoms with Crippen molar-refractivity contribution in [3.05, 3.63) is 77.9 Å². The predicted molar refractivity (Wildman–Crippen MR) is 145 cm³/mol. The first-order valence-corrected chi connectivity index (χ1v) is 14.0. The van der Waals surface area contributed by atoms with Gasteiger partial charge in [-0.15, -0.1) is 0 Å². The average Bonchev–Trinajstić information content (AvgIpc) is 2.96. The van der Waals surface area contributed by atoms with Crippen LogP contribution in [-0.4, -0.2) is 78.2 Å². The molecule has 1 amide bonds. The number of benzene rings is 2. The Kier molecular flexibility index (Phi) is 9.09. The van der Waals surface area contributed by atoms with Gasteiger partial charge in [-0.05, 0) is 61.4 Å². The molecule has 1 atom stereocenters. The summed E-state index contributed by atoms with van der Waals surface area (Å²) in [4.78, 5) is 45.1. The number of anilines is 2. The number of carbonyl (C=O) groups is 3. The number of aliphatic carboxylic acids is 1. The monoisotopic (exact) mass is 586 g/mol. The van der Waals surface area contributed by atoms with Crippen LogP contribution in [-0.2, 0) is 14.8 Å². The molecule has 0 bridgehead atoms. The molecule has 0 radical (unpaired) electrons. The normalized spacial score (nSPS) is 14.7. The number of hydrogen-bond acceptors (Lipinski definition) is 9. The van der Waals surface area contributed by atoms with E-state index in [-0.39, 0.29) is 22.1 Å². The number of sulfonamides is 1. The molecule has 0 saturated carbocycles. The number of aromatic nitrogens is 2. The molecule has 0 unspecified atom stereocenters.